The number of carbonyl (C=O) groups is 1. The van der Waals surface area contributed by atoms with E-state index in [1.54, 1.807) is 12.0 Å². The predicted molar refractivity (Wildman–Crippen MR) is 66.8 cm³/mol. The molecule has 1 aliphatic rings. The maximum absolute atomic E-state index is 13.7. The molecule has 0 spiro atoms. The number of halogens is 2. The number of carbonyl (C=O) groups excluding carboxylic acids is 1. The Kier molecular flexibility index (Phi) is 4.47. The molecule has 0 radical (unpaired) electrons. The van der Waals surface area contributed by atoms with Gasteiger partial charge < -0.3 is 9.64 Å². The lowest BCUT2D eigenvalue weighted by molar-refractivity contribution is -0.134. The smallest absolute Gasteiger partial charge is 0.223 e. The van der Waals surface area contributed by atoms with Crippen LogP contribution >= 0.6 is 0 Å². The van der Waals surface area contributed by atoms with Crippen molar-refractivity contribution in [2.45, 2.75) is 18.8 Å². The lowest BCUT2D eigenvalue weighted by atomic mass is 9.88. The second-order valence-electron chi connectivity index (χ2n) is 4.73. The van der Waals surface area contributed by atoms with Crippen LogP contribution in [0, 0.1) is 11.6 Å². The van der Waals surface area contributed by atoms with Crippen molar-refractivity contribution in [3.63, 3.8) is 0 Å². The van der Waals surface area contributed by atoms with Gasteiger partial charge in [0.05, 0.1) is 6.61 Å². The Morgan fingerprint density at radius 3 is 2.84 bits per heavy atom. The first-order valence-corrected chi connectivity index (χ1v) is 6.33. The van der Waals surface area contributed by atoms with Gasteiger partial charge in [-0.3, -0.25) is 4.79 Å². The molecule has 1 fully saturated rings. The molecule has 0 bridgehead atoms. The molecule has 5 heteroatoms. The summed E-state index contributed by atoms with van der Waals surface area (Å²) in [6.45, 7) is 1.65. The monoisotopic (exact) mass is 269 g/mol. The molecular weight excluding hydrogens is 252 g/mol. The summed E-state index contributed by atoms with van der Waals surface area (Å²) in [5.41, 5.74) is 0.432. The van der Waals surface area contributed by atoms with Crippen LogP contribution in [0.4, 0.5) is 8.78 Å². The number of piperidine rings is 1. The molecule has 3 nitrogen and oxygen atoms in total. The number of likely N-dealkylation sites (tertiary alicyclic amines) is 1. The van der Waals surface area contributed by atoms with Crippen LogP contribution in [0.15, 0.2) is 18.2 Å². The van der Waals surface area contributed by atoms with Crippen molar-refractivity contribution in [1.29, 1.82) is 0 Å². The van der Waals surface area contributed by atoms with Crippen molar-refractivity contribution < 1.29 is 18.3 Å². The quantitative estimate of drug-likeness (QED) is 0.839. The summed E-state index contributed by atoms with van der Waals surface area (Å²) < 4.78 is 31.5. The number of hydrogen-bond donors (Lipinski definition) is 0. The van der Waals surface area contributed by atoms with E-state index in [2.05, 4.69) is 0 Å². The fraction of sp³-hybridized carbons (Fsp3) is 0.500. The highest BCUT2D eigenvalue weighted by Gasteiger charge is 2.28. The van der Waals surface area contributed by atoms with Crippen LogP contribution < -0.4 is 0 Å². The van der Waals surface area contributed by atoms with Crippen molar-refractivity contribution in [2.75, 3.05) is 26.8 Å². The van der Waals surface area contributed by atoms with Gasteiger partial charge in [0, 0.05) is 32.7 Å². The Hall–Kier alpha value is -1.49. The first-order valence-electron chi connectivity index (χ1n) is 6.33. The first-order chi connectivity index (χ1) is 9.11. The predicted octanol–water partition coefficient (Wildman–Crippen LogP) is 2.32. The van der Waals surface area contributed by atoms with Gasteiger partial charge in [-0.25, -0.2) is 8.78 Å². The van der Waals surface area contributed by atoms with Crippen LogP contribution in [0.25, 0.3) is 0 Å². The molecule has 1 amide bonds. The Bertz CT molecular complexity index is 465. The molecule has 0 aromatic heterocycles. The fourth-order valence-electron chi connectivity index (χ4n) is 2.41. The zero-order chi connectivity index (χ0) is 13.8. The van der Waals surface area contributed by atoms with Crippen molar-refractivity contribution >= 4 is 5.91 Å². The highest BCUT2D eigenvalue weighted by Crippen LogP contribution is 2.30. The van der Waals surface area contributed by atoms with Crippen molar-refractivity contribution in [2.24, 2.45) is 0 Å². The van der Waals surface area contributed by atoms with E-state index in [9.17, 15) is 13.6 Å². The minimum absolute atomic E-state index is 0.00275. The van der Waals surface area contributed by atoms with E-state index in [4.69, 9.17) is 4.74 Å². The topological polar surface area (TPSA) is 29.5 Å². The van der Waals surface area contributed by atoms with E-state index in [1.807, 2.05) is 0 Å². The average Bonchev–Trinajstić information content (AvgIpc) is 2.37. The fourth-order valence-corrected chi connectivity index (χ4v) is 2.41. The molecule has 0 N–H and O–H groups in total. The third-order valence-electron chi connectivity index (χ3n) is 3.49. The zero-order valence-electron chi connectivity index (χ0n) is 10.9. The number of rotatable bonds is 4. The third-order valence-corrected chi connectivity index (χ3v) is 3.49. The Labute approximate surface area is 111 Å². The lowest BCUT2D eigenvalue weighted by Crippen LogP contribution is -2.40. The number of amides is 1. The van der Waals surface area contributed by atoms with Crippen LogP contribution in [0.2, 0.25) is 0 Å². The summed E-state index contributed by atoms with van der Waals surface area (Å²) in [7, 11) is 1.59. The Balaban J connectivity index is 2.03. The van der Waals surface area contributed by atoms with Crippen molar-refractivity contribution in [3.8, 4) is 0 Å². The Morgan fingerprint density at radius 2 is 2.21 bits per heavy atom. The number of hydrogen-bond acceptors (Lipinski definition) is 2. The van der Waals surface area contributed by atoms with E-state index in [1.165, 1.54) is 12.1 Å². The highest BCUT2D eigenvalue weighted by molar-refractivity contribution is 5.78. The van der Waals surface area contributed by atoms with Gasteiger partial charge in [-0.1, -0.05) is 6.07 Å². The maximum atomic E-state index is 13.7. The molecule has 1 aromatic carbocycles. The molecule has 1 unspecified atom stereocenters. The van der Waals surface area contributed by atoms with Gasteiger partial charge in [0.1, 0.15) is 11.6 Å². The van der Waals surface area contributed by atoms with Gasteiger partial charge in [-0.15, -0.1) is 0 Å². The number of methoxy groups -OCH3 is 1. The highest BCUT2D eigenvalue weighted by atomic mass is 19.1. The van der Waals surface area contributed by atoms with Crippen molar-refractivity contribution in [3.05, 3.63) is 35.4 Å². The molecule has 0 saturated carbocycles. The molecule has 1 heterocycles. The second-order valence-corrected chi connectivity index (χ2v) is 4.73. The van der Waals surface area contributed by atoms with E-state index < -0.39 is 11.6 Å². The molecule has 2 rings (SSSR count). The second kappa shape index (κ2) is 6.10. The number of benzene rings is 1. The van der Waals surface area contributed by atoms with Gasteiger partial charge in [0.15, 0.2) is 0 Å². The van der Waals surface area contributed by atoms with Gasteiger partial charge >= 0.3 is 0 Å². The summed E-state index contributed by atoms with van der Waals surface area (Å²) in [5, 5.41) is 0. The maximum Gasteiger partial charge on any atom is 0.223 e. The van der Waals surface area contributed by atoms with Gasteiger partial charge in [-0.2, -0.15) is 0 Å². The van der Waals surface area contributed by atoms with Gasteiger partial charge in [0.25, 0.3) is 0 Å². The summed E-state index contributed by atoms with van der Waals surface area (Å²) in [6, 6.07) is 3.55. The minimum atomic E-state index is -0.592. The van der Waals surface area contributed by atoms with E-state index in [-0.39, 0.29) is 18.2 Å². The lowest BCUT2D eigenvalue weighted by Gasteiger charge is -2.31. The number of ether oxygens (including phenoxy) is 1. The molecular formula is C14H17F2NO2. The van der Waals surface area contributed by atoms with E-state index in [0.29, 0.717) is 31.7 Å². The molecule has 1 saturated heterocycles. The zero-order valence-corrected chi connectivity index (χ0v) is 10.9. The van der Waals surface area contributed by atoms with Crippen LogP contribution in [0.3, 0.4) is 0 Å². The standard InChI is InChI=1S/C14H17F2NO2/c1-19-7-6-17-5-4-10(8-14(17)18)12-3-2-11(15)9-13(12)16/h2-3,9-10H,4-8H2,1H3. The van der Waals surface area contributed by atoms with Crippen LogP contribution in [0.1, 0.15) is 24.3 Å². The average molecular weight is 269 g/mol. The molecule has 1 atom stereocenters. The molecule has 0 aliphatic carbocycles. The summed E-state index contributed by atoms with van der Waals surface area (Å²) >= 11 is 0. The summed E-state index contributed by atoms with van der Waals surface area (Å²) in [6.07, 6.45) is 0.963. The minimum Gasteiger partial charge on any atom is -0.383 e. The summed E-state index contributed by atoms with van der Waals surface area (Å²) in [5.74, 6) is -1.32. The first kappa shape index (κ1) is 13.9. The largest absolute Gasteiger partial charge is 0.383 e. The molecule has 1 aliphatic heterocycles. The summed E-state index contributed by atoms with van der Waals surface area (Å²) in [4.78, 5) is 13.7. The van der Waals surface area contributed by atoms with E-state index >= 15 is 0 Å². The van der Waals surface area contributed by atoms with Crippen LogP contribution in [0.5, 0.6) is 0 Å². The van der Waals surface area contributed by atoms with Gasteiger partial charge in [-0.05, 0) is 24.0 Å². The third kappa shape index (κ3) is 3.29. The van der Waals surface area contributed by atoms with Crippen LogP contribution in [-0.2, 0) is 9.53 Å². The normalized spacial score (nSPS) is 19.8. The Morgan fingerprint density at radius 1 is 1.42 bits per heavy atom. The molecule has 104 valence electrons. The van der Waals surface area contributed by atoms with E-state index in [0.717, 1.165) is 6.07 Å². The van der Waals surface area contributed by atoms with Gasteiger partial charge in [0.2, 0.25) is 5.91 Å². The number of nitrogens with zero attached hydrogens (tertiary/aromatic N) is 1. The molecule has 19 heavy (non-hydrogen) atoms. The van der Waals surface area contributed by atoms with Crippen LogP contribution in [-0.4, -0.2) is 37.6 Å². The molecule has 1 aromatic rings. The SMILES string of the molecule is COCCN1CCC(c2ccc(F)cc2F)CC1=O. The van der Waals surface area contributed by atoms with Crippen molar-refractivity contribution in [1.82, 2.24) is 4.90 Å².